The second kappa shape index (κ2) is 15.5. The van der Waals surface area contributed by atoms with Gasteiger partial charge < -0.3 is 0 Å². The lowest BCUT2D eigenvalue weighted by Gasteiger charge is -2.26. The van der Waals surface area contributed by atoms with Gasteiger partial charge >= 0.3 is 0 Å². The maximum atomic E-state index is 2.38. The first-order valence-electron chi connectivity index (χ1n) is 15.3. The summed E-state index contributed by atoms with van der Waals surface area (Å²) in [7, 11) is 0. The maximum Gasteiger partial charge on any atom is -0.0162 e. The average Bonchev–Trinajstić information content (AvgIpc) is 3.00. The van der Waals surface area contributed by atoms with E-state index in [1.165, 1.54) is 80.0 Å². The van der Waals surface area contributed by atoms with Crippen LogP contribution < -0.4 is 0 Å². The number of aryl methyl sites for hydroxylation is 2. The molecule has 2 aliphatic rings. The van der Waals surface area contributed by atoms with E-state index in [4.69, 9.17) is 0 Å². The van der Waals surface area contributed by atoms with Gasteiger partial charge in [0, 0.05) is 0 Å². The predicted molar refractivity (Wildman–Crippen MR) is 170 cm³/mol. The second-order valence-electron chi connectivity index (χ2n) is 11.8. The van der Waals surface area contributed by atoms with Crippen molar-refractivity contribution in [2.75, 3.05) is 0 Å². The lowest BCUT2D eigenvalue weighted by Crippen LogP contribution is -2.10. The van der Waals surface area contributed by atoms with E-state index in [2.05, 4.69) is 124 Å². The van der Waals surface area contributed by atoms with Crippen molar-refractivity contribution in [1.82, 2.24) is 0 Å². The second-order valence-corrected chi connectivity index (χ2v) is 11.8. The highest BCUT2D eigenvalue weighted by molar-refractivity contribution is 5.63. The molecule has 0 radical (unpaired) electrons. The van der Waals surface area contributed by atoms with E-state index < -0.39 is 0 Å². The molecule has 4 aromatic carbocycles. The topological polar surface area (TPSA) is 0 Å². The Hall–Kier alpha value is -3.12. The van der Waals surface area contributed by atoms with Gasteiger partial charge in [-0.2, -0.15) is 0 Å². The van der Waals surface area contributed by atoms with E-state index in [-0.39, 0.29) is 0 Å². The fraction of sp³-hybridized carbons (Fsp3) is 0.385. The first-order valence-corrected chi connectivity index (χ1v) is 15.3. The van der Waals surface area contributed by atoms with Crippen LogP contribution in [0, 0.1) is 19.8 Å². The van der Waals surface area contributed by atoms with Gasteiger partial charge in [0.25, 0.3) is 0 Å². The molecule has 2 aliphatic carbocycles. The number of hydrogen-bond acceptors (Lipinski definition) is 0. The van der Waals surface area contributed by atoms with E-state index >= 15 is 0 Å². The molecule has 0 aromatic heterocycles. The zero-order valence-electron chi connectivity index (χ0n) is 24.5. The van der Waals surface area contributed by atoms with Crippen LogP contribution in [-0.4, -0.2) is 0 Å². The monoisotopic (exact) mass is 516 g/mol. The summed E-state index contributed by atoms with van der Waals surface area (Å²) in [6, 6.07) is 39.1. The third kappa shape index (κ3) is 9.54. The number of benzene rings is 4. The highest BCUT2D eigenvalue weighted by Crippen LogP contribution is 2.35. The van der Waals surface area contributed by atoms with E-state index in [1.54, 1.807) is 11.1 Å². The highest BCUT2D eigenvalue weighted by Gasteiger charge is 2.19. The molecule has 0 N–H and O–H groups in total. The lowest BCUT2D eigenvalue weighted by molar-refractivity contribution is 0.348. The van der Waals surface area contributed by atoms with Gasteiger partial charge in [0.15, 0.2) is 0 Å². The minimum absolute atomic E-state index is 0.845. The van der Waals surface area contributed by atoms with Crippen molar-refractivity contribution in [1.29, 1.82) is 0 Å². The van der Waals surface area contributed by atoms with Gasteiger partial charge in [-0.05, 0) is 79.5 Å². The third-order valence-corrected chi connectivity index (χ3v) is 8.60. The highest BCUT2D eigenvalue weighted by atomic mass is 14.2. The molecule has 2 saturated carbocycles. The van der Waals surface area contributed by atoms with E-state index in [1.807, 2.05) is 6.07 Å². The smallest absolute Gasteiger partial charge is 0.0162 e. The largest absolute Gasteiger partial charge is 0.0625 e. The van der Waals surface area contributed by atoms with Crippen LogP contribution in [0.5, 0.6) is 0 Å². The Bertz CT molecular complexity index is 1170. The first-order chi connectivity index (χ1) is 19.1. The van der Waals surface area contributed by atoms with Crippen LogP contribution >= 0.6 is 0 Å². The Morgan fingerprint density at radius 3 is 1.41 bits per heavy atom. The molecule has 0 spiro atoms. The molecule has 39 heavy (non-hydrogen) atoms. The Balaban J connectivity index is 0.000000136. The summed E-state index contributed by atoms with van der Waals surface area (Å²) in [4.78, 5) is 0. The van der Waals surface area contributed by atoms with Crippen LogP contribution in [0.1, 0.15) is 98.8 Å². The molecule has 6 rings (SSSR count). The summed E-state index contributed by atoms with van der Waals surface area (Å²) in [5.41, 5.74) is 8.35. The van der Waals surface area contributed by atoms with Crippen molar-refractivity contribution >= 4 is 0 Å². The summed E-state index contributed by atoms with van der Waals surface area (Å²) in [6.07, 6.45) is 12.7. The Labute approximate surface area is 238 Å². The van der Waals surface area contributed by atoms with Crippen LogP contribution in [-0.2, 0) is 0 Å². The van der Waals surface area contributed by atoms with Gasteiger partial charge in [0.2, 0.25) is 0 Å². The fourth-order valence-electron chi connectivity index (χ4n) is 5.97. The van der Waals surface area contributed by atoms with Crippen molar-refractivity contribution in [3.8, 4) is 11.1 Å². The van der Waals surface area contributed by atoms with E-state index in [9.17, 15) is 0 Å². The van der Waals surface area contributed by atoms with E-state index in [0.29, 0.717) is 0 Å². The molecule has 0 atom stereocenters. The van der Waals surface area contributed by atoms with Crippen LogP contribution in [0.2, 0.25) is 0 Å². The van der Waals surface area contributed by atoms with Gasteiger partial charge in [0.1, 0.15) is 0 Å². The zero-order chi connectivity index (χ0) is 27.3. The summed E-state index contributed by atoms with van der Waals surface area (Å²) < 4.78 is 0. The molecule has 2 fully saturated rings. The van der Waals surface area contributed by atoms with Gasteiger partial charge in [-0.1, -0.05) is 159 Å². The van der Waals surface area contributed by atoms with Gasteiger partial charge in [0.05, 0.1) is 0 Å². The van der Waals surface area contributed by atoms with Crippen molar-refractivity contribution in [3.05, 3.63) is 131 Å². The van der Waals surface area contributed by atoms with Crippen molar-refractivity contribution in [3.63, 3.8) is 0 Å². The third-order valence-electron chi connectivity index (χ3n) is 8.60. The number of hydrogen-bond donors (Lipinski definition) is 0. The summed E-state index contributed by atoms with van der Waals surface area (Å²) >= 11 is 0. The first kappa shape index (κ1) is 28.9. The lowest BCUT2D eigenvalue weighted by atomic mass is 9.79. The molecule has 0 heterocycles. The van der Waals surface area contributed by atoms with E-state index in [0.717, 1.165) is 17.8 Å². The molecule has 0 heteroatoms. The molecular weight excluding hydrogens is 468 g/mol. The minimum Gasteiger partial charge on any atom is -0.0625 e. The number of rotatable bonds is 3. The standard InChI is InChI=1S/2C13H18.C13H12/c3*1-11-7-9-13(10-8-11)12-5-3-2-4-6-12/h7-10,12H,2-6H2,1H3;2-6,11,13H,7-10H2,1H3;2-10H,1H3. The van der Waals surface area contributed by atoms with Crippen LogP contribution in [0.3, 0.4) is 0 Å². The normalized spacial score (nSPS) is 19.2. The van der Waals surface area contributed by atoms with Gasteiger partial charge in [-0.15, -0.1) is 0 Å². The zero-order valence-corrected chi connectivity index (χ0v) is 24.5. The predicted octanol–water partition coefficient (Wildman–Crippen LogP) is 11.7. The maximum absolute atomic E-state index is 2.38. The molecule has 0 bridgehead atoms. The van der Waals surface area contributed by atoms with Crippen molar-refractivity contribution < 1.29 is 0 Å². The summed E-state index contributed by atoms with van der Waals surface area (Å²) in [6.45, 7) is 6.64. The van der Waals surface area contributed by atoms with Crippen molar-refractivity contribution in [2.24, 2.45) is 5.92 Å². The van der Waals surface area contributed by atoms with Crippen LogP contribution in [0.4, 0.5) is 0 Å². The molecule has 204 valence electrons. The minimum atomic E-state index is 0.845. The molecule has 0 saturated heterocycles. The van der Waals surface area contributed by atoms with Crippen molar-refractivity contribution in [2.45, 2.75) is 90.4 Å². The molecular formula is C39H48. The molecule has 0 unspecified atom stereocenters. The Kier molecular flexibility index (Phi) is 11.5. The average molecular weight is 517 g/mol. The van der Waals surface area contributed by atoms with Gasteiger partial charge in [-0.3, -0.25) is 0 Å². The SMILES string of the molecule is CC1CCC(c2ccccc2)CC1.Cc1ccc(-c2ccccc2)cc1.Cc1ccc(C2CCCCC2)cc1. The summed E-state index contributed by atoms with van der Waals surface area (Å²) in [5, 5.41) is 0. The van der Waals surface area contributed by atoms with Crippen LogP contribution in [0.15, 0.2) is 109 Å². The quantitative estimate of drug-likeness (QED) is 0.254. The molecule has 0 amide bonds. The van der Waals surface area contributed by atoms with Crippen LogP contribution in [0.25, 0.3) is 11.1 Å². The van der Waals surface area contributed by atoms with Gasteiger partial charge in [-0.25, -0.2) is 0 Å². The molecule has 0 aliphatic heterocycles. The molecule has 4 aromatic rings. The summed E-state index contributed by atoms with van der Waals surface area (Å²) in [5.74, 6) is 2.66. The Morgan fingerprint density at radius 1 is 0.410 bits per heavy atom. The molecule has 0 nitrogen and oxygen atoms in total. The fourth-order valence-corrected chi connectivity index (χ4v) is 5.97. The Morgan fingerprint density at radius 2 is 0.846 bits per heavy atom.